The maximum absolute atomic E-state index is 13.0. The number of Topliss-reactive ketones (excluding diaryl/α,β-unsaturated/α-hetero) is 1. The molecule has 1 aromatic carbocycles. The summed E-state index contributed by atoms with van der Waals surface area (Å²) in [6, 6.07) is 11.3. The van der Waals surface area contributed by atoms with E-state index >= 15 is 0 Å². The smallest absolute Gasteiger partial charge is 0.167 e. The fourth-order valence-electron chi connectivity index (χ4n) is 2.91. The summed E-state index contributed by atoms with van der Waals surface area (Å²) in [5, 5.41) is 8.80. The Bertz CT molecular complexity index is 734. The first-order valence-electron chi connectivity index (χ1n) is 7.58. The van der Waals surface area contributed by atoms with E-state index in [4.69, 9.17) is 5.26 Å². The van der Waals surface area contributed by atoms with Gasteiger partial charge >= 0.3 is 0 Å². The first-order valence-corrected chi connectivity index (χ1v) is 7.58. The molecule has 3 rings (SSSR count). The van der Waals surface area contributed by atoms with Gasteiger partial charge in [-0.25, -0.2) is 9.37 Å². The van der Waals surface area contributed by atoms with Crippen molar-refractivity contribution in [1.82, 2.24) is 4.98 Å². The highest BCUT2D eigenvalue weighted by Crippen LogP contribution is 2.25. The van der Waals surface area contributed by atoms with Gasteiger partial charge in [0.05, 0.1) is 11.9 Å². The molecule has 0 saturated carbocycles. The van der Waals surface area contributed by atoms with Crippen LogP contribution in [-0.2, 0) is 0 Å². The van der Waals surface area contributed by atoms with Crippen molar-refractivity contribution in [2.45, 2.75) is 12.8 Å². The minimum atomic E-state index is -0.338. The van der Waals surface area contributed by atoms with Crippen LogP contribution in [0, 0.1) is 23.1 Å². The van der Waals surface area contributed by atoms with Gasteiger partial charge in [-0.2, -0.15) is 5.26 Å². The van der Waals surface area contributed by atoms with E-state index in [-0.39, 0.29) is 17.5 Å². The molecule has 1 saturated heterocycles. The van der Waals surface area contributed by atoms with Crippen molar-refractivity contribution >= 4 is 11.5 Å². The Hall–Kier alpha value is -2.74. The molecule has 23 heavy (non-hydrogen) atoms. The van der Waals surface area contributed by atoms with E-state index in [0.29, 0.717) is 17.8 Å². The van der Waals surface area contributed by atoms with Crippen LogP contribution in [0.2, 0.25) is 0 Å². The van der Waals surface area contributed by atoms with Crippen LogP contribution in [0.4, 0.5) is 10.1 Å². The van der Waals surface area contributed by atoms with E-state index < -0.39 is 0 Å². The molecule has 1 aliphatic rings. The summed E-state index contributed by atoms with van der Waals surface area (Å²) in [4.78, 5) is 18.8. The second-order valence-corrected chi connectivity index (χ2v) is 5.67. The van der Waals surface area contributed by atoms with Crippen molar-refractivity contribution in [3.63, 3.8) is 0 Å². The third-order valence-electron chi connectivity index (χ3n) is 4.15. The van der Waals surface area contributed by atoms with E-state index in [2.05, 4.69) is 9.88 Å². The summed E-state index contributed by atoms with van der Waals surface area (Å²) in [7, 11) is 0. The summed E-state index contributed by atoms with van der Waals surface area (Å²) in [6.07, 6.45) is 3.41. The first-order chi connectivity index (χ1) is 11.2. The van der Waals surface area contributed by atoms with Gasteiger partial charge in [0, 0.05) is 24.6 Å². The highest BCUT2D eigenvalue weighted by Gasteiger charge is 2.26. The Morgan fingerprint density at radius 2 is 2.04 bits per heavy atom. The predicted octanol–water partition coefficient (Wildman–Crippen LogP) is 3.19. The zero-order valence-corrected chi connectivity index (χ0v) is 12.6. The van der Waals surface area contributed by atoms with Crippen LogP contribution >= 0.6 is 0 Å². The van der Waals surface area contributed by atoms with Crippen LogP contribution in [0.5, 0.6) is 0 Å². The molecule has 1 aliphatic heterocycles. The number of halogens is 1. The molecular formula is C18H16FN3O. The lowest BCUT2D eigenvalue weighted by Gasteiger charge is -2.33. The average Bonchev–Trinajstić information content (AvgIpc) is 2.62. The fraction of sp³-hybridized carbons (Fsp3) is 0.278. The van der Waals surface area contributed by atoms with Gasteiger partial charge < -0.3 is 4.90 Å². The van der Waals surface area contributed by atoms with Crippen LogP contribution in [0.3, 0.4) is 0 Å². The van der Waals surface area contributed by atoms with E-state index in [1.54, 1.807) is 24.4 Å². The third kappa shape index (κ3) is 3.37. The van der Waals surface area contributed by atoms with Gasteiger partial charge in [-0.15, -0.1) is 0 Å². The van der Waals surface area contributed by atoms with Crippen molar-refractivity contribution < 1.29 is 9.18 Å². The highest BCUT2D eigenvalue weighted by molar-refractivity contribution is 5.98. The molecular weight excluding hydrogens is 293 g/mol. The maximum Gasteiger partial charge on any atom is 0.167 e. The Morgan fingerprint density at radius 3 is 2.70 bits per heavy atom. The molecule has 0 spiro atoms. The summed E-state index contributed by atoms with van der Waals surface area (Å²) < 4.78 is 13.0. The lowest BCUT2D eigenvalue weighted by atomic mass is 9.90. The molecule has 4 nitrogen and oxygen atoms in total. The number of pyridine rings is 1. The Labute approximate surface area is 134 Å². The van der Waals surface area contributed by atoms with E-state index in [0.717, 1.165) is 25.1 Å². The minimum Gasteiger partial charge on any atom is -0.370 e. The third-order valence-corrected chi connectivity index (χ3v) is 4.15. The molecule has 5 heteroatoms. The number of carbonyl (C=O) groups excluding carboxylic acids is 1. The number of carbonyl (C=O) groups is 1. The molecule has 2 aromatic rings. The molecule has 2 heterocycles. The second kappa shape index (κ2) is 6.57. The number of ketones is 1. The van der Waals surface area contributed by atoms with Crippen molar-refractivity contribution in [2.24, 2.45) is 5.92 Å². The minimum absolute atomic E-state index is 0.0521. The molecule has 0 bridgehead atoms. The fourth-order valence-corrected chi connectivity index (χ4v) is 2.91. The molecule has 0 aliphatic carbocycles. The Kier molecular flexibility index (Phi) is 4.33. The number of nitriles is 1. The highest BCUT2D eigenvalue weighted by atomic mass is 19.1. The number of anilines is 1. The molecule has 0 unspecified atom stereocenters. The van der Waals surface area contributed by atoms with Crippen molar-refractivity contribution in [2.75, 3.05) is 18.0 Å². The number of nitrogens with zero attached hydrogens (tertiary/aromatic N) is 3. The zero-order valence-electron chi connectivity index (χ0n) is 12.6. The van der Waals surface area contributed by atoms with E-state index in [1.807, 2.05) is 12.1 Å². The van der Waals surface area contributed by atoms with Gasteiger partial charge in [0.25, 0.3) is 0 Å². The van der Waals surface area contributed by atoms with Gasteiger partial charge in [0.2, 0.25) is 0 Å². The van der Waals surface area contributed by atoms with Gasteiger partial charge in [-0.1, -0.05) is 0 Å². The SMILES string of the molecule is N#Cc1ccc(N2CCC[C@@H](C(=O)c3ccc(F)cc3)C2)cn1. The second-order valence-electron chi connectivity index (χ2n) is 5.67. The van der Waals surface area contributed by atoms with Gasteiger partial charge in [-0.3, -0.25) is 4.79 Å². The maximum atomic E-state index is 13.0. The van der Waals surface area contributed by atoms with Gasteiger partial charge in [0.15, 0.2) is 5.78 Å². The topological polar surface area (TPSA) is 57.0 Å². The number of aromatic nitrogens is 1. The molecule has 116 valence electrons. The van der Waals surface area contributed by atoms with Crippen LogP contribution in [-0.4, -0.2) is 23.9 Å². The predicted molar refractivity (Wildman–Crippen MR) is 84.6 cm³/mol. The number of rotatable bonds is 3. The number of hydrogen-bond acceptors (Lipinski definition) is 4. The van der Waals surface area contributed by atoms with Gasteiger partial charge in [0.1, 0.15) is 17.6 Å². The van der Waals surface area contributed by atoms with Crippen LogP contribution in [0.15, 0.2) is 42.6 Å². The van der Waals surface area contributed by atoms with Crippen molar-refractivity contribution in [3.05, 3.63) is 59.7 Å². The van der Waals surface area contributed by atoms with Gasteiger partial charge in [-0.05, 0) is 49.2 Å². The molecule has 0 amide bonds. The Balaban J connectivity index is 1.73. The normalized spacial score (nSPS) is 17.6. The summed E-state index contributed by atoms with van der Waals surface area (Å²) in [5.74, 6) is -0.392. The Morgan fingerprint density at radius 1 is 1.26 bits per heavy atom. The molecule has 1 atom stereocenters. The summed E-state index contributed by atoms with van der Waals surface area (Å²) >= 11 is 0. The monoisotopic (exact) mass is 309 g/mol. The lowest BCUT2D eigenvalue weighted by Crippen LogP contribution is -2.38. The molecule has 0 radical (unpaired) electrons. The molecule has 0 N–H and O–H groups in total. The van der Waals surface area contributed by atoms with Crippen LogP contribution < -0.4 is 4.90 Å². The standard InChI is InChI=1S/C18H16FN3O/c19-15-5-3-13(4-6-15)18(23)14-2-1-9-22(12-14)17-8-7-16(10-20)21-11-17/h3-8,11,14H,1-2,9,12H2/t14-/m1/s1. The molecule has 1 aromatic heterocycles. The number of hydrogen-bond donors (Lipinski definition) is 0. The molecule has 1 fully saturated rings. The quantitative estimate of drug-likeness (QED) is 0.817. The van der Waals surface area contributed by atoms with Crippen LogP contribution in [0.25, 0.3) is 0 Å². The van der Waals surface area contributed by atoms with E-state index in [9.17, 15) is 9.18 Å². The largest absolute Gasteiger partial charge is 0.370 e. The first kappa shape index (κ1) is 15.2. The zero-order chi connectivity index (χ0) is 16.2. The number of piperidine rings is 1. The van der Waals surface area contributed by atoms with E-state index in [1.165, 1.54) is 12.1 Å². The average molecular weight is 309 g/mol. The van der Waals surface area contributed by atoms with Crippen molar-refractivity contribution in [3.8, 4) is 6.07 Å². The summed E-state index contributed by atoms with van der Waals surface area (Å²) in [5.41, 5.74) is 1.85. The summed E-state index contributed by atoms with van der Waals surface area (Å²) in [6.45, 7) is 1.48. The lowest BCUT2D eigenvalue weighted by molar-refractivity contribution is 0.0907. The van der Waals surface area contributed by atoms with Crippen molar-refractivity contribution in [1.29, 1.82) is 5.26 Å². The number of benzene rings is 1. The van der Waals surface area contributed by atoms with Crippen LogP contribution in [0.1, 0.15) is 28.9 Å².